The first-order valence-electron chi connectivity index (χ1n) is 6.65. The molecule has 6 nitrogen and oxygen atoms in total. The average Bonchev–Trinajstić information content (AvgIpc) is 2.47. The smallest absolute Gasteiger partial charge is 0.213 e. The van der Waals surface area contributed by atoms with Crippen LogP contribution in [0.5, 0.6) is 5.75 Å². The SMILES string of the molecule is CCS(=O)(=O)N1CCN(c2cccc(N)c2OC)CC1. The molecule has 1 heterocycles. The van der Waals surface area contributed by atoms with Gasteiger partial charge < -0.3 is 15.4 Å². The van der Waals surface area contributed by atoms with Gasteiger partial charge in [-0.2, -0.15) is 4.31 Å². The first-order valence-corrected chi connectivity index (χ1v) is 8.25. The van der Waals surface area contributed by atoms with Crippen molar-refractivity contribution < 1.29 is 13.2 Å². The maximum Gasteiger partial charge on any atom is 0.213 e. The Kier molecular flexibility index (Phi) is 4.39. The molecule has 1 aliphatic heterocycles. The number of ether oxygens (including phenoxy) is 1. The van der Waals surface area contributed by atoms with Crippen LogP contribution in [0.4, 0.5) is 11.4 Å². The second kappa shape index (κ2) is 5.88. The van der Waals surface area contributed by atoms with Crippen LogP contribution >= 0.6 is 0 Å². The zero-order valence-electron chi connectivity index (χ0n) is 11.9. The highest BCUT2D eigenvalue weighted by atomic mass is 32.2. The molecule has 1 aromatic carbocycles. The molecule has 0 amide bonds. The minimum atomic E-state index is -3.10. The van der Waals surface area contributed by atoms with Gasteiger partial charge in [0, 0.05) is 26.2 Å². The van der Waals surface area contributed by atoms with Crippen LogP contribution in [-0.4, -0.2) is 51.8 Å². The third-order valence-electron chi connectivity index (χ3n) is 3.57. The number of nitrogens with zero attached hydrogens (tertiary/aromatic N) is 2. The zero-order valence-corrected chi connectivity index (χ0v) is 12.7. The number of nitrogen functional groups attached to an aromatic ring is 1. The molecule has 1 saturated heterocycles. The Morgan fingerprint density at radius 3 is 2.45 bits per heavy atom. The quantitative estimate of drug-likeness (QED) is 0.830. The van der Waals surface area contributed by atoms with E-state index >= 15 is 0 Å². The lowest BCUT2D eigenvalue weighted by atomic mass is 10.2. The number of methoxy groups -OCH3 is 1. The molecular weight excluding hydrogens is 278 g/mol. The largest absolute Gasteiger partial charge is 0.492 e. The zero-order chi connectivity index (χ0) is 14.8. The Morgan fingerprint density at radius 2 is 1.90 bits per heavy atom. The van der Waals surface area contributed by atoms with Crippen LogP contribution < -0.4 is 15.4 Å². The van der Waals surface area contributed by atoms with Crippen molar-refractivity contribution in [1.29, 1.82) is 0 Å². The molecule has 20 heavy (non-hydrogen) atoms. The molecule has 112 valence electrons. The summed E-state index contributed by atoms with van der Waals surface area (Å²) >= 11 is 0. The van der Waals surface area contributed by atoms with E-state index in [1.54, 1.807) is 24.4 Å². The average molecular weight is 299 g/mol. The van der Waals surface area contributed by atoms with Crippen molar-refractivity contribution in [3.8, 4) is 5.75 Å². The van der Waals surface area contributed by atoms with Gasteiger partial charge in [-0.05, 0) is 19.1 Å². The van der Waals surface area contributed by atoms with E-state index in [2.05, 4.69) is 4.90 Å². The van der Waals surface area contributed by atoms with Crippen molar-refractivity contribution >= 4 is 21.4 Å². The highest BCUT2D eigenvalue weighted by Crippen LogP contribution is 2.34. The maximum absolute atomic E-state index is 11.8. The van der Waals surface area contributed by atoms with Gasteiger partial charge in [-0.1, -0.05) is 6.07 Å². The van der Waals surface area contributed by atoms with Gasteiger partial charge in [-0.3, -0.25) is 0 Å². The van der Waals surface area contributed by atoms with Crippen molar-refractivity contribution in [3.63, 3.8) is 0 Å². The molecular formula is C13H21N3O3S. The monoisotopic (exact) mass is 299 g/mol. The van der Waals surface area contributed by atoms with E-state index < -0.39 is 10.0 Å². The fourth-order valence-corrected chi connectivity index (χ4v) is 3.49. The number of nitrogens with two attached hydrogens (primary N) is 1. The summed E-state index contributed by atoms with van der Waals surface area (Å²) in [6.45, 7) is 3.93. The van der Waals surface area contributed by atoms with Crippen molar-refractivity contribution in [2.75, 3.05) is 49.7 Å². The summed E-state index contributed by atoms with van der Waals surface area (Å²) in [5.74, 6) is 0.800. The van der Waals surface area contributed by atoms with Gasteiger partial charge in [0.1, 0.15) is 0 Å². The summed E-state index contributed by atoms with van der Waals surface area (Å²) in [7, 11) is -1.51. The molecule has 0 bridgehead atoms. The molecule has 0 atom stereocenters. The lowest BCUT2D eigenvalue weighted by Gasteiger charge is -2.35. The number of para-hydroxylation sites is 1. The number of hydrogen-bond acceptors (Lipinski definition) is 5. The molecule has 1 aromatic rings. The standard InChI is InChI=1S/C13H21N3O3S/c1-3-20(17,18)16-9-7-15(8-10-16)12-6-4-5-11(14)13(12)19-2/h4-6H,3,7-10,14H2,1-2H3. The summed E-state index contributed by atoms with van der Waals surface area (Å²) < 4.78 is 30.6. The van der Waals surface area contributed by atoms with Crippen molar-refractivity contribution in [1.82, 2.24) is 4.31 Å². The molecule has 2 rings (SSSR count). The van der Waals surface area contributed by atoms with Crippen LogP contribution in [0.1, 0.15) is 6.92 Å². The topological polar surface area (TPSA) is 75.9 Å². The molecule has 1 fully saturated rings. The highest BCUT2D eigenvalue weighted by molar-refractivity contribution is 7.89. The second-order valence-electron chi connectivity index (χ2n) is 4.69. The Balaban J connectivity index is 2.14. The number of anilines is 2. The molecule has 0 spiro atoms. The number of hydrogen-bond donors (Lipinski definition) is 1. The number of piperazine rings is 1. The van der Waals surface area contributed by atoms with Crippen molar-refractivity contribution in [3.05, 3.63) is 18.2 Å². The van der Waals surface area contributed by atoms with Gasteiger partial charge in [0.15, 0.2) is 5.75 Å². The summed E-state index contributed by atoms with van der Waals surface area (Å²) in [5.41, 5.74) is 7.41. The van der Waals surface area contributed by atoms with Crippen LogP contribution in [0.3, 0.4) is 0 Å². The third-order valence-corrected chi connectivity index (χ3v) is 5.45. The lowest BCUT2D eigenvalue weighted by molar-refractivity contribution is 0.379. The molecule has 0 unspecified atom stereocenters. The highest BCUT2D eigenvalue weighted by Gasteiger charge is 2.26. The Hall–Kier alpha value is -1.47. The summed E-state index contributed by atoms with van der Waals surface area (Å²) in [5, 5.41) is 0. The minimum Gasteiger partial charge on any atom is -0.492 e. The normalized spacial score (nSPS) is 17.2. The van der Waals surface area contributed by atoms with Crippen LogP contribution in [0.15, 0.2) is 18.2 Å². The van der Waals surface area contributed by atoms with E-state index in [0.29, 0.717) is 37.6 Å². The second-order valence-corrected chi connectivity index (χ2v) is 6.94. The van der Waals surface area contributed by atoms with Gasteiger partial charge in [-0.15, -0.1) is 0 Å². The first-order chi connectivity index (χ1) is 9.49. The van der Waals surface area contributed by atoms with Crippen LogP contribution in [0.25, 0.3) is 0 Å². The van der Waals surface area contributed by atoms with Gasteiger partial charge in [0.25, 0.3) is 0 Å². The van der Waals surface area contributed by atoms with Gasteiger partial charge in [-0.25, -0.2) is 8.42 Å². The first kappa shape index (κ1) is 14.9. The molecule has 0 radical (unpaired) electrons. The lowest BCUT2D eigenvalue weighted by Crippen LogP contribution is -2.49. The molecule has 0 saturated carbocycles. The van der Waals surface area contributed by atoms with Crippen molar-refractivity contribution in [2.45, 2.75) is 6.92 Å². The molecule has 1 aliphatic rings. The van der Waals surface area contributed by atoms with Gasteiger partial charge in [0.05, 0.1) is 24.2 Å². The summed E-state index contributed by atoms with van der Waals surface area (Å²) in [4.78, 5) is 2.11. The molecule has 0 aromatic heterocycles. The fourth-order valence-electron chi connectivity index (χ4n) is 2.40. The van der Waals surface area contributed by atoms with Gasteiger partial charge >= 0.3 is 0 Å². The number of benzene rings is 1. The number of sulfonamides is 1. The Labute approximate surface area is 120 Å². The van der Waals surface area contributed by atoms with Crippen LogP contribution in [0.2, 0.25) is 0 Å². The fraction of sp³-hybridized carbons (Fsp3) is 0.538. The Morgan fingerprint density at radius 1 is 1.25 bits per heavy atom. The predicted octanol–water partition coefficient (Wildman–Crippen LogP) is 0.749. The summed E-state index contributed by atoms with van der Waals surface area (Å²) in [6.07, 6.45) is 0. The Bertz CT molecular complexity index is 566. The molecule has 7 heteroatoms. The predicted molar refractivity (Wildman–Crippen MR) is 80.7 cm³/mol. The number of rotatable bonds is 4. The van der Waals surface area contributed by atoms with Crippen LogP contribution in [0, 0.1) is 0 Å². The van der Waals surface area contributed by atoms with Gasteiger partial charge in [0.2, 0.25) is 10.0 Å². The summed E-state index contributed by atoms with van der Waals surface area (Å²) in [6, 6.07) is 5.61. The third kappa shape index (κ3) is 2.83. The van der Waals surface area contributed by atoms with Crippen LogP contribution in [-0.2, 0) is 10.0 Å². The molecule has 2 N–H and O–H groups in total. The van der Waals surface area contributed by atoms with E-state index in [1.165, 1.54) is 0 Å². The maximum atomic E-state index is 11.8. The minimum absolute atomic E-state index is 0.147. The molecule has 0 aliphatic carbocycles. The van der Waals surface area contributed by atoms with E-state index in [-0.39, 0.29) is 5.75 Å². The van der Waals surface area contributed by atoms with E-state index in [0.717, 1.165) is 5.69 Å². The van der Waals surface area contributed by atoms with E-state index in [1.807, 2.05) is 12.1 Å². The van der Waals surface area contributed by atoms with E-state index in [9.17, 15) is 8.42 Å². The van der Waals surface area contributed by atoms with E-state index in [4.69, 9.17) is 10.5 Å². The van der Waals surface area contributed by atoms with Crippen molar-refractivity contribution in [2.24, 2.45) is 0 Å².